The summed E-state index contributed by atoms with van der Waals surface area (Å²) < 4.78 is 2.18. The highest BCUT2D eigenvalue weighted by Gasteiger charge is 2.30. The molecule has 0 unspecified atom stereocenters. The van der Waals surface area contributed by atoms with Gasteiger partial charge >= 0.3 is 0 Å². The zero-order valence-corrected chi connectivity index (χ0v) is 14.3. The lowest BCUT2D eigenvalue weighted by molar-refractivity contribution is -0.128. The summed E-state index contributed by atoms with van der Waals surface area (Å²) in [5.41, 5.74) is 0. The quantitative estimate of drug-likeness (QED) is 0.782. The molecular formula is C16H26N4OS. The first-order valence-electron chi connectivity index (χ1n) is 8.63. The summed E-state index contributed by atoms with van der Waals surface area (Å²) in [7, 11) is 0. The maximum atomic E-state index is 12.4. The highest BCUT2D eigenvalue weighted by atomic mass is 32.2. The van der Waals surface area contributed by atoms with E-state index in [-0.39, 0.29) is 5.91 Å². The van der Waals surface area contributed by atoms with Gasteiger partial charge in [-0.15, -0.1) is 10.2 Å². The van der Waals surface area contributed by atoms with Gasteiger partial charge in [0.25, 0.3) is 0 Å². The number of thioether (sulfide) groups is 1. The van der Waals surface area contributed by atoms with Crippen LogP contribution in [-0.4, -0.2) is 44.4 Å². The summed E-state index contributed by atoms with van der Waals surface area (Å²) in [5, 5.41) is 9.55. The third-order valence-electron chi connectivity index (χ3n) is 4.54. The Bertz CT molecular complexity index is 504. The predicted octanol–water partition coefficient (Wildman–Crippen LogP) is 3.06. The number of hydrogen-bond donors (Lipinski definition) is 0. The number of rotatable bonds is 5. The third-order valence-corrected chi connectivity index (χ3v) is 5.49. The lowest BCUT2D eigenvalue weighted by atomic mass is 10.1. The van der Waals surface area contributed by atoms with E-state index in [1.165, 1.54) is 32.1 Å². The third kappa shape index (κ3) is 3.83. The summed E-state index contributed by atoms with van der Waals surface area (Å²) in [4.78, 5) is 14.5. The Morgan fingerprint density at radius 1 is 1.14 bits per heavy atom. The lowest BCUT2D eigenvalue weighted by Crippen LogP contribution is -2.35. The van der Waals surface area contributed by atoms with Crippen molar-refractivity contribution in [3.63, 3.8) is 0 Å². The minimum Gasteiger partial charge on any atom is -0.342 e. The van der Waals surface area contributed by atoms with Crippen molar-refractivity contribution in [1.29, 1.82) is 0 Å². The average Bonchev–Trinajstić information content (AvgIpc) is 3.24. The molecule has 6 heteroatoms. The number of amides is 1. The van der Waals surface area contributed by atoms with Crippen molar-refractivity contribution < 1.29 is 4.79 Å². The number of likely N-dealkylation sites (tertiary alicyclic amines) is 1. The lowest BCUT2D eigenvalue weighted by Gasteiger charge is -2.24. The van der Waals surface area contributed by atoms with Crippen LogP contribution in [0.4, 0.5) is 0 Å². The van der Waals surface area contributed by atoms with Gasteiger partial charge in [0, 0.05) is 25.6 Å². The highest BCUT2D eigenvalue weighted by Crippen LogP contribution is 2.39. The van der Waals surface area contributed by atoms with Crippen molar-refractivity contribution in [3.8, 4) is 0 Å². The normalized spacial score (nSPS) is 19.8. The van der Waals surface area contributed by atoms with E-state index in [1.807, 2.05) is 4.90 Å². The number of carbonyl (C=O) groups is 1. The van der Waals surface area contributed by atoms with E-state index in [1.54, 1.807) is 11.8 Å². The first-order chi connectivity index (χ1) is 10.8. The van der Waals surface area contributed by atoms with E-state index in [0.29, 0.717) is 11.7 Å². The van der Waals surface area contributed by atoms with Gasteiger partial charge in [-0.1, -0.05) is 31.0 Å². The smallest absolute Gasteiger partial charge is 0.233 e. The van der Waals surface area contributed by atoms with E-state index < -0.39 is 0 Å². The molecule has 122 valence electrons. The Labute approximate surface area is 136 Å². The molecule has 2 heterocycles. The minimum atomic E-state index is 0.255. The van der Waals surface area contributed by atoms with Gasteiger partial charge in [0.15, 0.2) is 5.16 Å². The Morgan fingerprint density at radius 2 is 1.82 bits per heavy atom. The van der Waals surface area contributed by atoms with Crippen LogP contribution in [0, 0.1) is 0 Å². The monoisotopic (exact) mass is 322 g/mol. The molecule has 22 heavy (non-hydrogen) atoms. The molecule has 0 bridgehead atoms. The number of hydrogen-bond acceptors (Lipinski definition) is 4. The van der Waals surface area contributed by atoms with Gasteiger partial charge in [-0.05, 0) is 32.6 Å². The van der Waals surface area contributed by atoms with Crippen LogP contribution >= 0.6 is 11.8 Å². The van der Waals surface area contributed by atoms with Crippen LogP contribution < -0.4 is 0 Å². The van der Waals surface area contributed by atoms with Crippen molar-refractivity contribution in [2.75, 3.05) is 18.8 Å². The molecular weight excluding hydrogens is 296 g/mol. The van der Waals surface area contributed by atoms with Gasteiger partial charge in [-0.3, -0.25) is 4.79 Å². The van der Waals surface area contributed by atoms with Gasteiger partial charge in [-0.2, -0.15) is 0 Å². The first kappa shape index (κ1) is 15.8. The zero-order valence-electron chi connectivity index (χ0n) is 13.5. The summed E-state index contributed by atoms with van der Waals surface area (Å²) in [6.07, 6.45) is 8.59. The van der Waals surface area contributed by atoms with Crippen LogP contribution in [0.15, 0.2) is 5.16 Å². The molecule has 1 saturated carbocycles. The number of nitrogens with zero attached hydrogens (tertiary/aromatic N) is 4. The molecule has 0 atom stereocenters. The topological polar surface area (TPSA) is 51.0 Å². The molecule has 0 radical (unpaired) electrons. The van der Waals surface area contributed by atoms with Gasteiger partial charge in [-0.25, -0.2) is 0 Å². The molecule has 1 aromatic heterocycles. The van der Waals surface area contributed by atoms with Crippen LogP contribution in [0.3, 0.4) is 0 Å². The molecule has 1 saturated heterocycles. The molecule has 3 rings (SSSR count). The molecule has 1 aliphatic carbocycles. The minimum absolute atomic E-state index is 0.255. The first-order valence-corrected chi connectivity index (χ1v) is 9.62. The fraction of sp³-hybridized carbons (Fsp3) is 0.812. The number of aromatic nitrogens is 3. The van der Waals surface area contributed by atoms with E-state index in [4.69, 9.17) is 0 Å². The maximum Gasteiger partial charge on any atom is 0.233 e. The van der Waals surface area contributed by atoms with Crippen molar-refractivity contribution in [1.82, 2.24) is 19.7 Å². The average molecular weight is 322 g/mol. The Kier molecular flexibility index (Phi) is 5.39. The fourth-order valence-electron chi connectivity index (χ4n) is 3.06. The second kappa shape index (κ2) is 7.49. The Morgan fingerprint density at radius 3 is 2.45 bits per heavy atom. The van der Waals surface area contributed by atoms with E-state index >= 15 is 0 Å². The molecule has 0 N–H and O–H groups in total. The molecule has 1 aliphatic heterocycles. The van der Waals surface area contributed by atoms with E-state index in [0.717, 1.165) is 43.5 Å². The predicted molar refractivity (Wildman–Crippen MR) is 88.1 cm³/mol. The van der Waals surface area contributed by atoms with Crippen molar-refractivity contribution >= 4 is 17.7 Å². The fourth-order valence-corrected chi connectivity index (χ4v) is 3.97. The molecule has 0 aromatic carbocycles. The summed E-state index contributed by atoms with van der Waals surface area (Å²) in [6.45, 7) is 4.86. The van der Waals surface area contributed by atoms with Crippen LogP contribution in [0.25, 0.3) is 0 Å². The molecule has 2 aliphatic rings. The Hall–Kier alpha value is -1.04. The molecule has 2 fully saturated rings. The highest BCUT2D eigenvalue weighted by molar-refractivity contribution is 7.99. The molecule has 1 amide bonds. The second-order valence-corrected chi connectivity index (χ2v) is 7.24. The van der Waals surface area contributed by atoms with Gasteiger partial charge < -0.3 is 9.47 Å². The summed E-state index contributed by atoms with van der Waals surface area (Å²) in [6, 6.07) is 0. The van der Waals surface area contributed by atoms with Crippen molar-refractivity contribution in [2.24, 2.45) is 0 Å². The zero-order chi connectivity index (χ0) is 15.4. The Balaban J connectivity index is 1.56. The number of carbonyl (C=O) groups excluding carboxylic acids is 1. The summed E-state index contributed by atoms with van der Waals surface area (Å²) >= 11 is 1.55. The maximum absolute atomic E-state index is 12.4. The van der Waals surface area contributed by atoms with Crippen molar-refractivity contribution in [2.45, 2.75) is 69.5 Å². The summed E-state index contributed by atoms with van der Waals surface area (Å²) in [5.74, 6) is 2.46. The van der Waals surface area contributed by atoms with Gasteiger partial charge in [0.1, 0.15) is 5.82 Å². The van der Waals surface area contributed by atoms with E-state index in [2.05, 4.69) is 21.7 Å². The van der Waals surface area contributed by atoms with Gasteiger partial charge in [0.05, 0.1) is 5.75 Å². The van der Waals surface area contributed by atoms with Crippen LogP contribution in [0.5, 0.6) is 0 Å². The SMILES string of the molecule is CCn1c(SCC(=O)N2CCCCCCC2)nnc1C1CC1. The molecule has 0 spiro atoms. The van der Waals surface area contributed by atoms with Gasteiger partial charge in [0.2, 0.25) is 5.91 Å². The van der Waals surface area contributed by atoms with Crippen LogP contribution in [-0.2, 0) is 11.3 Å². The molecule has 5 nitrogen and oxygen atoms in total. The molecule has 1 aromatic rings. The standard InChI is InChI=1S/C16H26N4OS/c1-2-20-15(13-8-9-13)17-18-16(20)22-12-14(21)19-10-6-4-3-5-7-11-19/h13H,2-12H2,1H3. The van der Waals surface area contributed by atoms with Crippen molar-refractivity contribution in [3.05, 3.63) is 5.82 Å². The largest absolute Gasteiger partial charge is 0.342 e. The second-order valence-electron chi connectivity index (χ2n) is 6.30. The van der Waals surface area contributed by atoms with Crippen LogP contribution in [0.2, 0.25) is 0 Å². The van der Waals surface area contributed by atoms with E-state index in [9.17, 15) is 4.79 Å². The van der Waals surface area contributed by atoms with Crippen LogP contribution in [0.1, 0.15) is 63.6 Å².